The zero-order chi connectivity index (χ0) is 24.1. The number of nitrogens with one attached hydrogen (secondary N) is 2. The Labute approximate surface area is 181 Å². The van der Waals surface area contributed by atoms with Crippen LogP contribution in [0.1, 0.15) is 16.2 Å². The van der Waals surface area contributed by atoms with Gasteiger partial charge in [0.2, 0.25) is 0 Å². The number of benzene rings is 1. The molecule has 0 aliphatic carbocycles. The molecule has 0 saturated heterocycles. The molecule has 2 aromatic heterocycles. The van der Waals surface area contributed by atoms with Gasteiger partial charge in [-0.15, -0.1) is 0 Å². The van der Waals surface area contributed by atoms with Crippen molar-refractivity contribution >= 4 is 40.2 Å². The molecule has 1 aromatic carbocycles. The lowest BCUT2D eigenvalue weighted by atomic mass is 10.1. The number of fused-ring (bicyclic) bond motifs is 1. The number of nitrogens with zero attached hydrogens (tertiary/aromatic N) is 2. The Morgan fingerprint density at radius 3 is 2.25 bits per heavy atom. The zero-order valence-corrected chi connectivity index (χ0v) is 16.5. The van der Waals surface area contributed by atoms with Gasteiger partial charge in [0.05, 0.1) is 6.33 Å². The first-order valence-electron chi connectivity index (χ1n) is 8.50. The molecule has 0 spiro atoms. The maximum Gasteiger partial charge on any atom is 0.490 e. The van der Waals surface area contributed by atoms with E-state index < -0.39 is 30.1 Å². The third-order valence-electron chi connectivity index (χ3n) is 3.88. The van der Waals surface area contributed by atoms with Crippen LogP contribution < -0.4 is 5.32 Å². The molecular formula is C18H14ClF3N4O6. The smallest absolute Gasteiger partial charge is 0.490 e. The van der Waals surface area contributed by atoms with Crippen molar-refractivity contribution in [2.45, 2.75) is 18.6 Å². The Kier molecular flexibility index (Phi) is 7.59. The van der Waals surface area contributed by atoms with Crippen molar-refractivity contribution in [2.75, 3.05) is 0 Å². The molecule has 5 N–H and O–H groups in total. The van der Waals surface area contributed by atoms with Crippen molar-refractivity contribution in [3.05, 3.63) is 53.3 Å². The second-order valence-electron chi connectivity index (χ2n) is 6.09. The lowest BCUT2D eigenvalue weighted by molar-refractivity contribution is -0.192. The molecule has 3 rings (SSSR count). The third-order valence-corrected chi connectivity index (χ3v) is 4.17. The van der Waals surface area contributed by atoms with Crippen molar-refractivity contribution in [3.8, 4) is 5.75 Å². The van der Waals surface area contributed by atoms with E-state index in [4.69, 9.17) is 21.5 Å². The summed E-state index contributed by atoms with van der Waals surface area (Å²) in [6.45, 7) is 0. The number of imidazole rings is 1. The molecule has 14 heteroatoms. The van der Waals surface area contributed by atoms with Crippen LogP contribution >= 0.6 is 11.6 Å². The molecule has 0 aliphatic heterocycles. The molecule has 170 valence electrons. The number of carbonyl (C=O) groups is 3. The molecule has 0 fully saturated rings. The minimum absolute atomic E-state index is 0.00312. The minimum Gasteiger partial charge on any atom is -0.505 e. The average molecular weight is 475 g/mol. The quantitative estimate of drug-likeness (QED) is 0.351. The highest BCUT2D eigenvalue weighted by Gasteiger charge is 2.38. The number of H-pyrrole nitrogens is 1. The number of amides is 1. The molecule has 32 heavy (non-hydrogen) atoms. The number of carbonyl (C=O) groups excluding carboxylic acids is 1. The summed E-state index contributed by atoms with van der Waals surface area (Å²) in [5, 5.41) is 30.0. The Morgan fingerprint density at radius 2 is 1.75 bits per heavy atom. The van der Waals surface area contributed by atoms with Crippen molar-refractivity contribution in [2.24, 2.45) is 0 Å². The standard InChI is InChI=1S/C16H13ClN4O4.C2HF3O2/c17-14-10-4-2-1-3-9(10)13(22)12(21-14)15(23)20-11(16(24)25)5-8-6-18-7-19-8;3-2(4,5)1(6)7/h1-4,6-7,11,22H,5H2,(H,18,19)(H,20,23)(H,24,25);(H,6,7)/t11-;/m0./s1. The predicted molar refractivity (Wildman–Crippen MR) is 103 cm³/mol. The van der Waals surface area contributed by atoms with Gasteiger partial charge in [-0.25, -0.2) is 19.6 Å². The first-order valence-corrected chi connectivity index (χ1v) is 8.87. The first-order chi connectivity index (χ1) is 14.9. The van der Waals surface area contributed by atoms with E-state index >= 15 is 0 Å². The fourth-order valence-corrected chi connectivity index (χ4v) is 2.66. The second-order valence-corrected chi connectivity index (χ2v) is 6.45. The van der Waals surface area contributed by atoms with Gasteiger partial charge < -0.3 is 25.6 Å². The van der Waals surface area contributed by atoms with Gasteiger partial charge in [0.1, 0.15) is 11.2 Å². The van der Waals surface area contributed by atoms with Gasteiger partial charge in [0.25, 0.3) is 5.91 Å². The summed E-state index contributed by atoms with van der Waals surface area (Å²) in [5.74, 6) is -5.18. The lowest BCUT2D eigenvalue weighted by Crippen LogP contribution is -2.42. The Balaban J connectivity index is 0.000000451. The van der Waals surface area contributed by atoms with Gasteiger partial charge in [-0.3, -0.25) is 4.79 Å². The van der Waals surface area contributed by atoms with Crippen LogP contribution in [0.2, 0.25) is 5.15 Å². The summed E-state index contributed by atoms with van der Waals surface area (Å²) in [4.78, 5) is 43.2. The molecule has 0 aliphatic rings. The normalized spacial score (nSPS) is 11.9. The highest BCUT2D eigenvalue weighted by molar-refractivity contribution is 6.34. The average Bonchev–Trinajstić information content (AvgIpc) is 3.23. The highest BCUT2D eigenvalue weighted by Crippen LogP contribution is 2.31. The monoisotopic (exact) mass is 474 g/mol. The van der Waals surface area contributed by atoms with Gasteiger partial charge in [0, 0.05) is 29.1 Å². The summed E-state index contributed by atoms with van der Waals surface area (Å²) in [7, 11) is 0. The van der Waals surface area contributed by atoms with Crippen molar-refractivity contribution in [1.82, 2.24) is 20.3 Å². The number of hydrogen-bond donors (Lipinski definition) is 5. The number of halogens is 4. The SMILES string of the molecule is O=C(N[C@@H](Cc1cnc[nH]1)C(=O)O)c1nc(Cl)c2ccccc2c1O.O=C(O)C(F)(F)F. The van der Waals surface area contributed by atoms with Crippen molar-refractivity contribution < 1.29 is 42.9 Å². The largest absolute Gasteiger partial charge is 0.505 e. The van der Waals surface area contributed by atoms with E-state index in [9.17, 15) is 33.0 Å². The Morgan fingerprint density at radius 1 is 1.16 bits per heavy atom. The first kappa shape index (κ1) is 24.4. The maximum absolute atomic E-state index is 12.4. The van der Waals surface area contributed by atoms with Crippen molar-refractivity contribution in [1.29, 1.82) is 0 Å². The Hall–Kier alpha value is -3.87. The molecule has 0 saturated carbocycles. The summed E-state index contributed by atoms with van der Waals surface area (Å²) in [5.41, 5.74) is 0.209. The van der Waals surface area contributed by atoms with E-state index in [2.05, 4.69) is 20.3 Å². The molecule has 1 atom stereocenters. The second kappa shape index (κ2) is 9.96. The van der Waals surface area contributed by atoms with Crippen LogP contribution in [0.4, 0.5) is 13.2 Å². The van der Waals surface area contributed by atoms with Crippen LogP contribution in [-0.2, 0) is 16.0 Å². The van der Waals surface area contributed by atoms with Gasteiger partial charge in [-0.05, 0) is 0 Å². The van der Waals surface area contributed by atoms with Gasteiger partial charge in [-0.2, -0.15) is 13.2 Å². The summed E-state index contributed by atoms with van der Waals surface area (Å²) >= 11 is 6.06. The number of aromatic nitrogens is 3. The van der Waals surface area contributed by atoms with Crippen LogP contribution in [-0.4, -0.2) is 60.3 Å². The summed E-state index contributed by atoms with van der Waals surface area (Å²) in [6, 6.07) is 5.43. The van der Waals surface area contributed by atoms with Gasteiger partial charge >= 0.3 is 18.1 Å². The number of pyridine rings is 1. The van der Waals surface area contributed by atoms with E-state index in [-0.39, 0.29) is 23.0 Å². The maximum atomic E-state index is 12.4. The van der Waals surface area contributed by atoms with Crippen LogP contribution in [0.25, 0.3) is 10.8 Å². The minimum atomic E-state index is -5.08. The summed E-state index contributed by atoms with van der Waals surface area (Å²) < 4.78 is 31.7. The van der Waals surface area contributed by atoms with E-state index in [1.165, 1.54) is 12.5 Å². The molecule has 0 radical (unpaired) electrons. The van der Waals surface area contributed by atoms with Crippen LogP contribution in [0.5, 0.6) is 5.75 Å². The molecule has 0 bridgehead atoms. The van der Waals surface area contributed by atoms with Crippen molar-refractivity contribution in [3.63, 3.8) is 0 Å². The molecule has 0 unspecified atom stereocenters. The zero-order valence-electron chi connectivity index (χ0n) is 15.7. The number of aromatic hydroxyl groups is 1. The lowest BCUT2D eigenvalue weighted by Gasteiger charge is -2.14. The predicted octanol–water partition coefficient (Wildman–Crippen LogP) is 2.38. The number of carboxylic acid groups (broad SMARTS) is 2. The number of aliphatic carboxylic acids is 2. The number of hydrogen-bond acceptors (Lipinski definition) is 6. The molecular weight excluding hydrogens is 461 g/mol. The number of rotatable bonds is 5. The topological polar surface area (TPSA) is 165 Å². The number of aromatic amines is 1. The van der Waals surface area contributed by atoms with Gasteiger partial charge in [0.15, 0.2) is 11.4 Å². The van der Waals surface area contributed by atoms with Crippen LogP contribution in [0, 0.1) is 0 Å². The van der Waals surface area contributed by atoms with E-state index in [0.717, 1.165) is 0 Å². The molecule has 3 aromatic rings. The number of alkyl halides is 3. The van der Waals surface area contributed by atoms with Crippen LogP contribution in [0.3, 0.4) is 0 Å². The summed E-state index contributed by atoms with van der Waals surface area (Å²) in [6.07, 6.45) is -2.21. The fraction of sp³-hybridized carbons (Fsp3) is 0.167. The highest BCUT2D eigenvalue weighted by atomic mass is 35.5. The molecule has 10 nitrogen and oxygen atoms in total. The van der Waals surface area contributed by atoms with E-state index in [0.29, 0.717) is 16.5 Å². The van der Waals surface area contributed by atoms with Crippen LogP contribution in [0.15, 0.2) is 36.8 Å². The van der Waals surface area contributed by atoms with Gasteiger partial charge in [-0.1, -0.05) is 35.9 Å². The van der Waals surface area contributed by atoms with E-state index in [1.807, 2.05) is 0 Å². The van der Waals surface area contributed by atoms with E-state index in [1.54, 1.807) is 24.3 Å². The third kappa shape index (κ3) is 6.07. The Bertz CT molecular complexity index is 1140. The molecule has 1 amide bonds. The molecule has 2 heterocycles. The fourth-order valence-electron chi connectivity index (χ4n) is 2.41. The number of carboxylic acids is 2.